The molecule has 1 aromatic carbocycles. The van der Waals surface area contributed by atoms with Crippen molar-refractivity contribution in [2.75, 3.05) is 39.8 Å². The van der Waals surface area contributed by atoms with Crippen LogP contribution in [0.15, 0.2) is 30.3 Å². The molecule has 1 aromatic rings. The average molecular weight is 217 g/mol. The second-order valence-corrected chi connectivity index (χ2v) is 4.58. The highest BCUT2D eigenvalue weighted by Gasteiger charge is 2.12. The minimum absolute atomic E-state index is 1.09. The van der Waals surface area contributed by atoms with Crippen molar-refractivity contribution in [2.24, 2.45) is 0 Å². The summed E-state index contributed by atoms with van der Waals surface area (Å²) in [4.78, 5) is 4.93. The van der Waals surface area contributed by atoms with Gasteiger partial charge in [0.1, 0.15) is 0 Å². The summed E-state index contributed by atoms with van der Waals surface area (Å²) in [5, 5.41) is 0. The van der Waals surface area contributed by atoms with Gasteiger partial charge in [-0.15, -0.1) is 0 Å². The number of hydrogen-bond donors (Lipinski definition) is 0. The predicted octanol–water partition coefficient (Wildman–Crippen LogP) is 1.68. The maximum atomic E-state index is 2.53. The molecule has 0 spiro atoms. The monoisotopic (exact) mass is 217 g/mol. The van der Waals surface area contributed by atoms with E-state index in [1.807, 2.05) is 0 Å². The molecule has 1 fully saturated rings. The summed E-state index contributed by atoms with van der Waals surface area (Å²) < 4.78 is 0. The molecule has 0 amide bonds. The first-order valence-electron chi connectivity index (χ1n) is 6.11. The molecule has 2 nitrogen and oxygen atoms in total. The Bertz CT molecular complexity index is 289. The van der Waals surface area contributed by atoms with Crippen LogP contribution < -0.4 is 0 Å². The van der Waals surface area contributed by atoms with E-state index in [2.05, 4.69) is 53.6 Å². The Morgan fingerprint density at radius 1 is 1.06 bits per heavy atom. The molecule has 1 saturated heterocycles. The quantitative estimate of drug-likeness (QED) is 0.757. The van der Waals surface area contributed by atoms with Crippen molar-refractivity contribution in [1.82, 2.24) is 9.80 Å². The Hall–Kier alpha value is -0.860. The highest BCUT2D eigenvalue weighted by molar-refractivity contribution is 5.16. The van der Waals surface area contributed by atoms with Crippen molar-refractivity contribution in [3.63, 3.8) is 0 Å². The van der Waals surface area contributed by atoms with Crippen molar-refractivity contribution in [1.29, 1.82) is 0 Å². The predicted molar refractivity (Wildman–Crippen MR) is 68.4 cm³/mol. The second kappa shape index (κ2) is 6.02. The Morgan fingerprint density at radius 3 is 2.44 bits per heavy atom. The average Bonchev–Trinajstić information content (AvgIpc) is 2.33. The molecule has 0 aromatic heterocycles. The van der Waals surface area contributed by atoms with E-state index < -0.39 is 0 Å². The molecule has 0 aliphatic carbocycles. The van der Waals surface area contributed by atoms with Crippen LogP contribution in [-0.4, -0.2) is 49.6 Å². The first-order chi connectivity index (χ1) is 7.84. The van der Waals surface area contributed by atoms with Gasteiger partial charge >= 0.3 is 0 Å². The normalized spacial score (nSPS) is 18.8. The third-order valence-electron chi connectivity index (χ3n) is 3.21. The van der Waals surface area contributed by atoms with Gasteiger partial charge in [0.05, 0.1) is 0 Å². The molecule has 2 rings (SSSR count). The third-order valence-corrected chi connectivity index (χ3v) is 3.21. The molecule has 1 heterocycles. The Kier molecular flexibility index (Phi) is 4.37. The number of piperazine rings is 1. The minimum Gasteiger partial charge on any atom is -0.304 e. The zero-order valence-corrected chi connectivity index (χ0v) is 10.1. The zero-order valence-electron chi connectivity index (χ0n) is 10.1. The molecule has 1 radical (unpaired) electrons. The van der Waals surface area contributed by atoms with Crippen molar-refractivity contribution in [3.8, 4) is 0 Å². The summed E-state index contributed by atoms with van der Waals surface area (Å²) in [6, 6.07) is 10.7. The number of rotatable bonds is 4. The fourth-order valence-electron chi connectivity index (χ4n) is 2.06. The van der Waals surface area contributed by atoms with Crippen LogP contribution in [0.2, 0.25) is 0 Å². The molecule has 1 aliphatic heterocycles. The van der Waals surface area contributed by atoms with E-state index in [-0.39, 0.29) is 0 Å². The lowest BCUT2D eigenvalue weighted by Gasteiger charge is -2.32. The SMILES string of the molecule is CN1CCN(C[CH]Cc2ccccc2)CC1. The van der Waals surface area contributed by atoms with Crippen molar-refractivity contribution < 1.29 is 0 Å². The van der Waals surface area contributed by atoms with Gasteiger partial charge in [-0.05, 0) is 25.5 Å². The highest BCUT2D eigenvalue weighted by Crippen LogP contribution is 2.04. The van der Waals surface area contributed by atoms with Crippen LogP contribution in [-0.2, 0) is 6.42 Å². The third kappa shape index (κ3) is 3.62. The van der Waals surface area contributed by atoms with Gasteiger partial charge in [0.25, 0.3) is 0 Å². The largest absolute Gasteiger partial charge is 0.304 e. The molecule has 1 aliphatic rings. The second-order valence-electron chi connectivity index (χ2n) is 4.58. The molecule has 0 bridgehead atoms. The van der Waals surface area contributed by atoms with E-state index in [9.17, 15) is 0 Å². The molecular formula is C14H21N2. The van der Waals surface area contributed by atoms with E-state index in [1.54, 1.807) is 0 Å². The number of likely N-dealkylation sites (N-methyl/N-ethyl adjacent to an activating group) is 1. The van der Waals surface area contributed by atoms with Gasteiger partial charge in [0, 0.05) is 32.7 Å². The molecule has 16 heavy (non-hydrogen) atoms. The summed E-state index contributed by atoms with van der Waals surface area (Å²) in [5.41, 5.74) is 1.41. The van der Waals surface area contributed by atoms with Crippen LogP contribution in [0.4, 0.5) is 0 Å². The summed E-state index contributed by atoms with van der Waals surface area (Å²) in [6.07, 6.45) is 3.48. The first kappa shape index (κ1) is 11.6. The van der Waals surface area contributed by atoms with E-state index in [4.69, 9.17) is 0 Å². The van der Waals surface area contributed by atoms with Gasteiger partial charge in [0.2, 0.25) is 0 Å². The van der Waals surface area contributed by atoms with Crippen molar-refractivity contribution in [3.05, 3.63) is 42.3 Å². The maximum Gasteiger partial charge on any atom is 0.0110 e. The molecule has 0 N–H and O–H groups in total. The topological polar surface area (TPSA) is 6.48 Å². The lowest BCUT2D eigenvalue weighted by Crippen LogP contribution is -2.44. The Labute approximate surface area is 98.9 Å². The number of benzene rings is 1. The van der Waals surface area contributed by atoms with Crippen molar-refractivity contribution >= 4 is 0 Å². The minimum atomic E-state index is 1.09. The maximum absolute atomic E-state index is 2.53. The molecule has 2 heteroatoms. The lowest BCUT2D eigenvalue weighted by atomic mass is 10.1. The lowest BCUT2D eigenvalue weighted by molar-refractivity contribution is 0.162. The van der Waals surface area contributed by atoms with Gasteiger partial charge < -0.3 is 9.80 Å². The molecule has 0 atom stereocenters. The number of hydrogen-bond acceptors (Lipinski definition) is 2. The smallest absolute Gasteiger partial charge is 0.0110 e. The Morgan fingerprint density at radius 2 is 1.75 bits per heavy atom. The van der Waals surface area contributed by atoms with Gasteiger partial charge in [-0.25, -0.2) is 0 Å². The molecule has 87 valence electrons. The van der Waals surface area contributed by atoms with Crippen molar-refractivity contribution in [2.45, 2.75) is 6.42 Å². The fourth-order valence-corrected chi connectivity index (χ4v) is 2.06. The Balaban J connectivity index is 1.65. The summed E-state index contributed by atoms with van der Waals surface area (Å²) in [5.74, 6) is 0. The van der Waals surface area contributed by atoms with E-state index >= 15 is 0 Å². The van der Waals surface area contributed by atoms with Crippen LogP contribution >= 0.6 is 0 Å². The zero-order chi connectivity index (χ0) is 11.2. The van der Waals surface area contributed by atoms with Crippen LogP contribution in [0.1, 0.15) is 5.56 Å². The molecule has 0 unspecified atom stereocenters. The highest BCUT2D eigenvalue weighted by atomic mass is 15.2. The van der Waals surface area contributed by atoms with Gasteiger partial charge in [0.15, 0.2) is 0 Å². The van der Waals surface area contributed by atoms with E-state index in [0.29, 0.717) is 0 Å². The summed E-state index contributed by atoms with van der Waals surface area (Å²) in [7, 11) is 2.20. The van der Waals surface area contributed by atoms with Crippen LogP contribution in [0.5, 0.6) is 0 Å². The number of nitrogens with zero attached hydrogens (tertiary/aromatic N) is 2. The summed E-state index contributed by atoms with van der Waals surface area (Å²) >= 11 is 0. The standard InChI is InChI=1S/C14H21N2/c1-15-10-12-16(13-11-15)9-5-8-14-6-3-2-4-7-14/h2-7H,8-13H2,1H3. The summed E-state index contributed by atoms with van der Waals surface area (Å²) in [6.45, 7) is 5.96. The molecular weight excluding hydrogens is 196 g/mol. The van der Waals surface area contributed by atoms with Gasteiger partial charge in [-0.1, -0.05) is 30.3 Å². The fraction of sp³-hybridized carbons (Fsp3) is 0.500. The van der Waals surface area contributed by atoms with E-state index in [0.717, 1.165) is 13.0 Å². The first-order valence-corrected chi connectivity index (χ1v) is 6.11. The molecule has 0 saturated carbocycles. The van der Waals surface area contributed by atoms with E-state index in [1.165, 1.54) is 31.7 Å². The van der Waals surface area contributed by atoms with Gasteiger partial charge in [-0.3, -0.25) is 0 Å². The van der Waals surface area contributed by atoms with Crippen LogP contribution in [0.3, 0.4) is 0 Å². The van der Waals surface area contributed by atoms with Gasteiger partial charge in [-0.2, -0.15) is 0 Å². The van der Waals surface area contributed by atoms with Crippen LogP contribution in [0.25, 0.3) is 0 Å². The van der Waals surface area contributed by atoms with Crippen LogP contribution in [0, 0.1) is 6.42 Å².